The molecule has 2 atom stereocenters. The summed E-state index contributed by atoms with van der Waals surface area (Å²) in [7, 11) is 0. The molecule has 128 valence electrons. The Bertz CT molecular complexity index is 537. The maximum atomic E-state index is 13.5. The normalized spacial score (nSPS) is 20.0. The zero-order valence-corrected chi connectivity index (χ0v) is 13.3. The molecule has 0 radical (unpaired) electrons. The maximum Gasteiger partial charge on any atom is 0.260 e. The van der Waals surface area contributed by atoms with Crippen LogP contribution in [-0.2, 0) is 4.79 Å². The zero-order valence-electron chi connectivity index (χ0n) is 13.3. The number of amides is 1. The summed E-state index contributed by atoms with van der Waals surface area (Å²) >= 11 is 0. The lowest BCUT2D eigenvalue weighted by Crippen LogP contribution is -2.43. The molecule has 1 heterocycles. The van der Waals surface area contributed by atoms with E-state index < -0.39 is 17.7 Å². The maximum absolute atomic E-state index is 13.5. The number of carbonyl (C=O) groups excluding carboxylic acids is 1. The Morgan fingerprint density at radius 2 is 2.17 bits per heavy atom. The molecule has 0 aromatic heterocycles. The predicted octanol–water partition coefficient (Wildman–Crippen LogP) is 2.89. The van der Waals surface area contributed by atoms with Crippen molar-refractivity contribution in [2.45, 2.75) is 51.2 Å². The Balaban J connectivity index is 1.98. The van der Waals surface area contributed by atoms with Gasteiger partial charge in [-0.05, 0) is 38.3 Å². The number of nitrogens with zero attached hydrogens (tertiary/aromatic N) is 1. The van der Waals surface area contributed by atoms with Crippen LogP contribution in [0.15, 0.2) is 18.2 Å². The fraction of sp³-hybridized carbons (Fsp3) is 0.588. The molecule has 1 aliphatic rings. The first-order chi connectivity index (χ1) is 11.0. The van der Waals surface area contributed by atoms with E-state index in [-0.39, 0.29) is 24.3 Å². The number of hydrogen-bond donors (Lipinski definition) is 1. The van der Waals surface area contributed by atoms with E-state index in [4.69, 9.17) is 4.74 Å². The van der Waals surface area contributed by atoms with Crippen LogP contribution in [0.3, 0.4) is 0 Å². The lowest BCUT2D eigenvalue weighted by Gasteiger charge is -2.31. The Kier molecular flexibility index (Phi) is 6.33. The molecule has 1 aromatic carbocycles. The van der Waals surface area contributed by atoms with Gasteiger partial charge in [0.05, 0.1) is 6.10 Å². The molecule has 2 rings (SSSR count). The van der Waals surface area contributed by atoms with E-state index in [1.807, 2.05) is 0 Å². The largest absolute Gasteiger partial charge is 0.481 e. The fourth-order valence-corrected chi connectivity index (χ4v) is 2.96. The lowest BCUT2D eigenvalue weighted by molar-refractivity contribution is -0.136. The molecule has 1 aromatic rings. The van der Waals surface area contributed by atoms with Gasteiger partial charge < -0.3 is 14.7 Å². The van der Waals surface area contributed by atoms with Gasteiger partial charge in [-0.15, -0.1) is 0 Å². The highest BCUT2D eigenvalue weighted by atomic mass is 19.1. The van der Waals surface area contributed by atoms with E-state index in [1.54, 1.807) is 11.8 Å². The molecular weight excluding hydrogens is 304 g/mol. The van der Waals surface area contributed by atoms with Crippen LogP contribution in [0.2, 0.25) is 0 Å². The minimum atomic E-state index is -0.825. The quantitative estimate of drug-likeness (QED) is 0.905. The van der Waals surface area contributed by atoms with Gasteiger partial charge in [-0.2, -0.15) is 0 Å². The number of aliphatic hydroxyl groups is 1. The van der Waals surface area contributed by atoms with Crippen LogP contribution in [0.1, 0.15) is 39.0 Å². The summed E-state index contributed by atoms with van der Waals surface area (Å²) in [6.45, 7) is 2.03. The Hall–Kier alpha value is -1.69. The number of halogens is 2. The molecule has 0 bridgehead atoms. The molecule has 4 nitrogen and oxygen atoms in total. The predicted molar refractivity (Wildman–Crippen MR) is 82.1 cm³/mol. The van der Waals surface area contributed by atoms with Crippen molar-refractivity contribution in [1.29, 1.82) is 0 Å². The Morgan fingerprint density at radius 3 is 2.87 bits per heavy atom. The van der Waals surface area contributed by atoms with Crippen molar-refractivity contribution in [3.8, 4) is 5.75 Å². The van der Waals surface area contributed by atoms with E-state index in [2.05, 4.69) is 0 Å². The molecule has 1 saturated heterocycles. The minimum absolute atomic E-state index is 0.0216. The second-order valence-corrected chi connectivity index (χ2v) is 6.04. The zero-order chi connectivity index (χ0) is 16.8. The summed E-state index contributed by atoms with van der Waals surface area (Å²) in [6.07, 6.45) is 3.87. The van der Waals surface area contributed by atoms with Gasteiger partial charge in [0.25, 0.3) is 5.91 Å². The monoisotopic (exact) mass is 327 g/mol. The summed E-state index contributed by atoms with van der Waals surface area (Å²) in [5.74, 6) is -1.89. The van der Waals surface area contributed by atoms with E-state index in [1.165, 1.54) is 6.07 Å². The summed E-state index contributed by atoms with van der Waals surface area (Å²) in [5.41, 5.74) is 0. The van der Waals surface area contributed by atoms with E-state index in [0.717, 1.165) is 37.8 Å². The molecule has 23 heavy (non-hydrogen) atoms. The van der Waals surface area contributed by atoms with Crippen molar-refractivity contribution in [3.05, 3.63) is 29.8 Å². The SMILES string of the molecule is C[C@H](O)C[C@@H]1CCCCCN1C(=O)COc1ccc(F)cc1F. The number of carbonyl (C=O) groups is 1. The standard InChI is InChI=1S/C17H23F2NO3/c1-12(21)9-14-5-3-2-4-8-20(14)17(22)11-23-16-7-6-13(18)10-15(16)19/h6-7,10,12,14,21H,2-5,8-9,11H2,1H3/t12-,14-/m0/s1. The average Bonchev–Trinajstić information content (AvgIpc) is 2.71. The average molecular weight is 327 g/mol. The highest BCUT2D eigenvalue weighted by molar-refractivity contribution is 5.78. The number of benzene rings is 1. The summed E-state index contributed by atoms with van der Waals surface area (Å²) in [4.78, 5) is 14.1. The molecule has 1 N–H and O–H groups in total. The third-order valence-electron chi connectivity index (χ3n) is 4.06. The van der Waals surface area contributed by atoms with Crippen molar-refractivity contribution in [2.75, 3.05) is 13.2 Å². The minimum Gasteiger partial charge on any atom is -0.481 e. The van der Waals surface area contributed by atoms with Crippen molar-refractivity contribution >= 4 is 5.91 Å². The van der Waals surface area contributed by atoms with Crippen LogP contribution in [0.4, 0.5) is 8.78 Å². The fourth-order valence-electron chi connectivity index (χ4n) is 2.96. The topological polar surface area (TPSA) is 49.8 Å². The number of likely N-dealkylation sites (tertiary alicyclic amines) is 1. The van der Waals surface area contributed by atoms with E-state index in [9.17, 15) is 18.7 Å². The van der Waals surface area contributed by atoms with Crippen LogP contribution in [0.5, 0.6) is 5.75 Å². The van der Waals surface area contributed by atoms with E-state index >= 15 is 0 Å². The summed E-state index contributed by atoms with van der Waals surface area (Å²) in [5, 5.41) is 9.61. The second-order valence-electron chi connectivity index (χ2n) is 6.04. The smallest absolute Gasteiger partial charge is 0.260 e. The van der Waals surface area contributed by atoms with Crippen LogP contribution < -0.4 is 4.74 Å². The highest BCUT2D eigenvalue weighted by Gasteiger charge is 2.26. The van der Waals surface area contributed by atoms with Crippen molar-refractivity contribution in [2.24, 2.45) is 0 Å². The van der Waals surface area contributed by atoms with Gasteiger partial charge in [0, 0.05) is 18.7 Å². The van der Waals surface area contributed by atoms with Gasteiger partial charge in [-0.1, -0.05) is 12.8 Å². The van der Waals surface area contributed by atoms with Crippen molar-refractivity contribution in [3.63, 3.8) is 0 Å². The first-order valence-corrected chi connectivity index (χ1v) is 8.02. The van der Waals surface area contributed by atoms with Gasteiger partial charge in [-0.3, -0.25) is 4.79 Å². The number of rotatable bonds is 5. The highest BCUT2D eigenvalue weighted by Crippen LogP contribution is 2.22. The number of ether oxygens (including phenoxy) is 1. The van der Waals surface area contributed by atoms with E-state index in [0.29, 0.717) is 13.0 Å². The lowest BCUT2D eigenvalue weighted by atomic mass is 10.0. The van der Waals surface area contributed by atoms with Gasteiger partial charge in [-0.25, -0.2) is 8.78 Å². The Labute approximate surface area is 135 Å². The van der Waals surface area contributed by atoms with Crippen LogP contribution in [-0.4, -0.2) is 41.2 Å². The molecule has 0 aliphatic carbocycles. The van der Waals surface area contributed by atoms with Crippen molar-refractivity contribution in [1.82, 2.24) is 4.90 Å². The molecule has 1 fully saturated rings. The molecule has 0 unspecified atom stereocenters. The first-order valence-electron chi connectivity index (χ1n) is 8.02. The van der Waals surface area contributed by atoms with Gasteiger partial charge >= 0.3 is 0 Å². The first kappa shape index (κ1) is 17.7. The number of hydrogen-bond acceptors (Lipinski definition) is 3. The summed E-state index contributed by atoms with van der Waals surface area (Å²) in [6, 6.07) is 2.97. The van der Waals surface area contributed by atoms with Gasteiger partial charge in [0.2, 0.25) is 0 Å². The van der Waals surface area contributed by atoms with Crippen LogP contribution in [0.25, 0.3) is 0 Å². The van der Waals surface area contributed by atoms with Gasteiger partial charge in [0.15, 0.2) is 18.2 Å². The third kappa shape index (κ3) is 5.16. The number of aliphatic hydroxyl groups excluding tert-OH is 1. The summed E-state index contributed by atoms with van der Waals surface area (Å²) < 4.78 is 31.6. The third-order valence-corrected chi connectivity index (χ3v) is 4.06. The molecule has 1 aliphatic heterocycles. The Morgan fingerprint density at radius 1 is 1.39 bits per heavy atom. The molecule has 1 amide bonds. The molecular formula is C17H23F2NO3. The molecule has 0 saturated carbocycles. The van der Waals surface area contributed by atoms with Gasteiger partial charge in [0.1, 0.15) is 5.82 Å². The van der Waals surface area contributed by atoms with Crippen LogP contribution >= 0.6 is 0 Å². The van der Waals surface area contributed by atoms with Crippen LogP contribution in [0, 0.1) is 11.6 Å². The van der Waals surface area contributed by atoms with Crippen molar-refractivity contribution < 1.29 is 23.4 Å². The molecule has 0 spiro atoms. The second kappa shape index (κ2) is 8.24. The molecule has 6 heteroatoms.